The molecule has 0 aliphatic heterocycles. The Labute approximate surface area is 149 Å². The number of benzene rings is 2. The van der Waals surface area contributed by atoms with E-state index in [0.717, 1.165) is 5.56 Å². The second-order valence-corrected chi connectivity index (χ2v) is 6.60. The summed E-state index contributed by atoms with van der Waals surface area (Å²) >= 11 is 6.21. The van der Waals surface area contributed by atoms with Crippen molar-refractivity contribution in [2.24, 2.45) is 0 Å². The molecule has 0 heterocycles. The van der Waals surface area contributed by atoms with E-state index in [-0.39, 0.29) is 23.9 Å². The fraction of sp³-hybridized carbons (Fsp3) is 0.350. The minimum atomic E-state index is -0.292. The first-order valence-corrected chi connectivity index (χ1v) is 8.70. The van der Waals surface area contributed by atoms with Crippen LogP contribution in [0.25, 0.3) is 0 Å². The number of carbonyl (C=O) groups excluding carboxylic acids is 1. The predicted octanol–water partition coefficient (Wildman–Crippen LogP) is 4.30. The van der Waals surface area contributed by atoms with E-state index in [2.05, 4.69) is 29.7 Å². The average Bonchev–Trinajstić information content (AvgIpc) is 2.60. The molecule has 3 unspecified atom stereocenters. The van der Waals surface area contributed by atoms with E-state index in [9.17, 15) is 4.79 Å². The Balaban J connectivity index is 1.85. The molecule has 3 atom stereocenters. The SMILES string of the molecule is CC(NC(C)c1ccccc1Cl)C(=O)NCC(C)c1ccccc1. The van der Waals surface area contributed by atoms with Crippen molar-refractivity contribution in [3.63, 3.8) is 0 Å². The lowest BCUT2D eigenvalue weighted by Crippen LogP contribution is -2.44. The zero-order chi connectivity index (χ0) is 17.5. The van der Waals surface area contributed by atoms with Crippen molar-refractivity contribution in [2.45, 2.75) is 38.8 Å². The summed E-state index contributed by atoms with van der Waals surface area (Å²) in [5.74, 6) is 0.278. The van der Waals surface area contributed by atoms with E-state index in [4.69, 9.17) is 11.6 Å². The predicted molar refractivity (Wildman–Crippen MR) is 100 cm³/mol. The van der Waals surface area contributed by atoms with Crippen LogP contribution in [0.3, 0.4) is 0 Å². The van der Waals surface area contributed by atoms with Gasteiger partial charge in [0, 0.05) is 17.6 Å². The molecule has 2 rings (SSSR count). The van der Waals surface area contributed by atoms with Crippen LogP contribution < -0.4 is 10.6 Å². The minimum absolute atomic E-state index is 0.00307. The van der Waals surface area contributed by atoms with Gasteiger partial charge in [0.2, 0.25) is 5.91 Å². The van der Waals surface area contributed by atoms with E-state index in [0.29, 0.717) is 11.6 Å². The Kier molecular flexibility index (Phi) is 6.83. The highest BCUT2D eigenvalue weighted by Gasteiger charge is 2.18. The molecule has 24 heavy (non-hydrogen) atoms. The summed E-state index contributed by atoms with van der Waals surface area (Å²) in [7, 11) is 0. The minimum Gasteiger partial charge on any atom is -0.354 e. The number of hydrogen-bond donors (Lipinski definition) is 2. The van der Waals surface area contributed by atoms with Crippen LogP contribution in [0.5, 0.6) is 0 Å². The summed E-state index contributed by atoms with van der Waals surface area (Å²) < 4.78 is 0. The molecule has 0 saturated heterocycles. The first kappa shape index (κ1) is 18.5. The van der Waals surface area contributed by atoms with Gasteiger partial charge in [-0.05, 0) is 37.0 Å². The molecular formula is C20H25ClN2O. The number of halogens is 1. The molecular weight excluding hydrogens is 320 g/mol. The molecule has 4 heteroatoms. The summed E-state index contributed by atoms with van der Waals surface area (Å²) in [6.45, 7) is 6.61. The average molecular weight is 345 g/mol. The van der Waals surface area contributed by atoms with Gasteiger partial charge in [-0.2, -0.15) is 0 Å². The monoisotopic (exact) mass is 344 g/mol. The number of hydrogen-bond acceptors (Lipinski definition) is 2. The molecule has 0 bridgehead atoms. The summed E-state index contributed by atoms with van der Waals surface area (Å²) in [5.41, 5.74) is 2.22. The zero-order valence-electron chi connectivity index (χ0n) is 14.4. The summed E-state index contributed by atoms with van der Waals surface area (Å²) in [6.07, 6.45) is 0. The van der Waals surface area contributed by atoms with Gasteiger partial charge in [0.15, 0.2) is 0 Å². The maximum Gasteiger partial charge on any atom is 0.236 e. The van der Waals surface area contributed by atoms with Crippen molar-refractivity contribution in [1.82, 2.24) is 10.6 Å². The van der Waals surface area contributed by atoms with Crippen LogP contribution in [0.15, 0.2) is 54.6 Å². The molecule has 2 N–H and O–H groups in total. The smallest absolute Gasteiger partial charge is 0.236 e. The molecule has 0 spiro atoms. The maximum atomic E-state index is 12.3. The van der Waals surface area contributed by atoms with Crippen molar-refractivity contribution in [3.05, 3.63) is 70.7 Å². The number of nitrogens with one attached hydrogen (secondary N) is 2. The van der Waals surface area contributed by atoms with Crippen molar-refractivity contribution in [2.75, 3.05) is 6.54 Å². The number of rotatable bonds is 7. The van der Waals surface area contributed by atoms with E-state index < -0.39 is 0 Å². The molecule has 0 saturated carbocycles. The Morgan fingerprint density at radius 3 is 2.29 bits per heavy atom. The third kappa shape index (κ3) is 5.08. The van der Waals surface area contributed by atoms with Crippen molar-refractivity contribution in [3.8, 4) is 0 Å². The van der Waals surface area contributed by atoms with Gasteiger partial charge >= 0.3 is 0 Å². The van der Waals surface area contributed by atoms with Crippen molar-refractivity contribution < 1.29 is 4.79 Å². The van der Waals surface area contributed by atoms with Crippen LogP contribution >= 0.6 is 11.6 Å². The van der Waals surface area contributed by atoms with E-state index >= 15 is 0 Å². The molecule has 0 radical (unpaired) electrons. The van der Waals surface area contributed by atoms with E-state index in [1.165, 1.54) is 5.56 Å². The number of carbonyl (C=O) groups is 1. The standard InChI is InChI=1S/C20H25ClN2O/c1-14(17-9-5-4-6-10-17)13-22-20(24)16(3)23-15(2)18-11-7-8-12-19(18)21/h4-12,14-16,23H,13H2,1-3H3,(H,22,24). The van der Waals surface area contributed by atoms with Crippen LogP contribution in [-0.4, -0.2) is 18.5 Å². The highest BCUT2D eigenvalue weighted by Crippen LogP contribution is 2.22. The summed E-state index contributed by atoms with van der Waals surface area (Å²) in [4.78, 5) is 12.3. The topological polar surface area (TPSA) is 41.1 Å². The van der Waals surface area contributed by atoms with Gasteiger partial charge in [0.05, 0.1) is 6.04 Å². The molecule has 2 aromatic rings. The van der Waals surface area contributed by atoms with Gasteiger partial charge in [-0.1, -0.05) is 67.1 Å². The van der Waals surface area contributed by atoms with Gasteiger partial charge in [-0.3, -0.25) is 10.1 Å². The van der Waals surface area contributed by atoms with Gasteiger partial charge in [-0.15, -0.1) is 0 Å². The lowest BCUT2D eigenvalue weighted by molar-refractivity contribution is -0.123. The Hall–Kier alpha value is -1.84. The molecule has 128 valence electrons. The van der Waals surface area contributed by atoms with Crippen molar-refractivity contribution in [1.29, 1.82) is 0 Å². The van der Waals surface area contributed by atoms with Crippen LogP contribution in [0.2, 0.25) is 5.02 Å². The third-order valence-electron chi connectivity index (χ3n) is 4.22. The van der Waals surface area contributed by atoms with Gasteiger partial charge in [-0.25, -0.2) is 0 Å². The van der Waals surface area contributed by atoms with Crippen LogP contribution in [-0.2, 0) is 4.79 Å². The first-order valence-electron chi connectivity index (χ1n) is 8.32. The molecule has 0 aliphatic carbocycles. The van der Waals surface area contributed by atoms with E-state index in [1.54, 1.807) is 0 Å². The highest BCUT2D eigenvalue weighted by atomic mass is 35.5. The Morgan fingerprint density at radius 1 is 1.00 bits per heavy atom. The molecule has 0 aliphatic rings. The molecule has 2 aromatic carbocycles. The molecule has 0 aromatic heterocycles. The Morgan fingerprint density at radius 2 is 1.62 bits per heavy atom. The largest absolute Gasteiger partial charge is 0.354 e. The normalized spacial score (nSPS) is 14.7. The summed E-state index contributed by atoms with van der Waals surface area (Å²) in [5, 5.41) is 7.03. The zero-order valence-corrected chi connectivity index (χ0v) is 15.2. The first-order chi connectivity index (χ1) is 11.5. The van der Waals surface area contributed by atoms with Gasteiger partial charge in [0.1, 0.15) is 0 Å². The highest BCUT2D eigenvalue weighted by molar-refractivity contribution is 6.31. The third-order valence-corrected chi connectivity index (χ3v) is 4.56. The van der Waals surface area contributed by atoms with Gasteiger partial charge < -0.3 is 5.32 Å². The number of amides is 1. The quantitative estimate of drug-likeness (QED) is 0.786. The fourth-order valence-electron chi connectivity index (χ4n) is 2.67. The molecule has 3 nitrogen and oxygen atoms in total. The second kappa shape index (κ2) is 8.86. The molecule has 1 amide bonds. The summed E-state index contributed by atoms with van der Waals surface area (Å²) in [6, 6.07) is 17.6. The van der Waals surface area contributed by atoms with Crippen LogP contribution in [0, 0.1) is 0 Å². The van der Waals surface area contributed by atoms with Gasteiger partial charge in [0.25, 0.3) is 0 Å². The fourth-order valence-corrected chi connectivity index (χ4v) is 2.97. The second-order valence-electron chi connectivity index (χ2n) is 6.19. The lowest BCUT2D eigenvalue weighted by atomic mass is 10.0. The van der Waals surface area contributed by atoms with Crippen LogP contribution in [0.4, 0.5) is 0 Å². The maximum absolute atomic E-state index is 12.3. The van der Waals surface area contributed by atoms with Crippen LogP contribution in [0.1, 0.15) is 43.9 Å². The van der Waals surface area contributed by atoms with E-state index in [1.807, 2.05) is 56.3 Å². The lowest BCUT2D eigenvalue weighted by Gasteiger charge is -2.21. The Bertz CT molecular complexity index is 660. The molecule has 0 fully saturated rings. The van der Waals surface area contributed by atoms with Crippen molar-refractivity contribution >= 4 is 17.5 Å².